The van der Waals surface area contributed by atoms with E-state index in [9.17, 15) is 4.79 Å². The van der Waals surface area contributed by atoms with Gasteiger partial charge in [0.05, 0.1) is 0 Å². The average molecular weight is 315 g/mol. The topological polar surface area (TPSA) is 38.8 Å². The zero-order valence-electron chi connectivity index (χ0n) is 14.0. The molecule has 2 aliphatic heterocycles. The highest BCUT2D eigenvalue weighted by molar-refractivity contribution is 5.81. The van der Waals surface area contributed by atoms with Crippen molar-refractivity contribution in [1.82, 2.24) is 4.90 Å². The summed E-state index contributed by atoms with van der Waals surface area (Å²) in [6.07, 6.45) is 5.08. The van der Waals surface area contributed by atoms with E-state index < -0.39 is 0 Å². The molecule has 0 unspecified atom stereocenters. The summed E-state index contributed by atoms with van der Waals surface area (Å²) in [4.78, 5) is 14.1. The van der Waals surface area contributed by atoms with Crippen molar-refractivity contribution in [3.63, 3.8) is 0 Å². The number of hydrogen-bond acceptors (Lipinski definition) is 3. The molecule has 23 heavy (non-hydrogen) atoms. The van der Waals surface area contributed by atoms with Crippen LogP contribution in [0.25, 0.3) is 0 Å². The van der Waals surface area contributed by atoms with Gasteiger partial charge in [0.1, 0.15) is 11.7 Å². The summed E-state index contributed by atoms with van der Waals surface area (Å²) in [7, 11) is 0. The molecule has 1 saturated carbocycles. The van der Waals surface area contributed by atoms with Crippen molar-refractivity contribution in [3.8, 4) is 11.5 Å². The first-order valence-electron chi connectivity index (χ1n) is 8.78. The number of nitrogens with zero attached hydrogens (tertiary/aromatic N) is 1. The zero-order valence-corrected chi connectivity index (χ0v) is 14.0. The van der Waals surface area contributed by atoms with E-state index >= 15 is 0 Å². The molecule has 0 radical (unpaired) electrons. The number of fused-ring (bicyclic) bond motifs is 1. The lowest BCUT2D eigenvalue weighted by Gasteiger charge is -2.32. The van der Waals surface area contributed by atoms with Gasteiger partial charge >= 0.3 is 0 Å². The summed E-state index contributed by atoms with van der Waals surface area (Å²) >= 11 is 0. The second-order valence-electron chi connectivity index (χ2n) is 7.70. The molecule has 4 rings (SSSR count). The van der Waals surface area contributed by atoms with Crippen molar-refractivity contribution in [1.29, 1.82) is 0 Å². The largest absolute Gasteiger partial charge is 0.486 e. The first kappa shape index (κ1) is 14.9. The second-order valence-corrected chi connectivity index (χ2v) is 7.70. The third-order valence-corrected chi connectivity index (χ3v) is 5.03. The van der Waals surface area contributed by atoms with Crippen LogP contribution in [0.1, 0.15) is 45.1 Å². The van der Waals surface area contributed by atoms with Gasteiger partial charge in [0, 0.05) is 43.8 Å². The maximum absolute atomic E-state index is 12.1. The number of hydrogen-bond donors (Lipinski definition) is 0. The van der Waals surface area contributed by atoms with Gasteiger partial charge in [-0.05, 0) is 32.8 Å². The first-order valence-corrected chi connectivity index (χ1v) is 8.78. The van der Waals surface area contributed by atoms with Gasteiger partial charge in [-0.25, -0.2) is 0 Å². The Hall–Kier alpha value is -1.71. The van der Waals surface area contributed by atoms with E-state index in [1.54, 1.807) is 0 Å². The third-order valence-electron chi connectivity index (χ3n) is 5.03. The molecule has 1 aliphatic carbocycles. The molecule has 1 aromatic rings. The summed E-state index contributed by atoms with van der Waals surface area (Å²) in [5.74, 6) is 2.45. The van der Waals surface area contributed by atoms with E-state index in [2.05, 4.69) is 19.9 Å². The van der Waals surface area contributed by atoms with Crippen LogP contribution in [-0.2, 0) is 11.2 Å². The van der Waals surface area contributed by atoms with Crippen molar-refractivity contribution >= 4 is 5.91 Å². The van der Waals surface area contributed by atoms with Crippen LogP contribution in [0.4, 0.5) is 0 Å². The third kappa shape index (κ3) is 3.04. The molecular formula is C19H25NO3. The van der Waals surface area contributed by atoms with E-state index in [-0.39, 0.29) is 11.7 Å². The number of rotatable bonds is 3. The molecule has 124 valence electrons. The summed E-state index contributed by atoms with van der Waals surface area (Å²) < 4.78 is 12.3. The fourth-order valence-corrected chi connectivity index (χ4v) is 3.64. The van der Waals surface area contributed by atoms with Gasteiger partial charge in [0.15, 0.2) is 11.5 Å². The van der Waals surface area contributed by atoms with Gasteiger partial charge < -0.3 is 14.4 Å². The van der Waals surface area contributed by atoms with Gasteiger partial charge in [-0.1, -0.05) is 12.1 Å². The highest BCUT2D eigenvalue weighted by atomic mass is 16.5. The minimum Gasteiger partial charge on any atom is -0.486 e. The SMILES string of the molecule is CC1(C)Cc2cccc(OC3CCN(C(=O)C4CC4)CC3)c2O1. The summed E-state index contributed by atoms with van der Waals surface area (Å²) in [5.41, 5.74) is 1.08. The zero-order chi connectivity index (χ0) is 16.0. The number of para-hydroxylation sites is 1. The highest BCUT2D eigenvalue weighted by Crippen LogP contribution is 2.42. The van der Waals surface area contributed by atoms with Gasteiger partial charge in [-0.2, -0.15) is 0 Å². The van der Waals surface area contributed by atoms with Crippen molar-refractivity contribution in [3.05, 3.63) is 23.8 Å². The smallest absolute Gasteiger partial charge is 0.225 e. The Morgan fingerprint density at radius 1 is 1.22 bits per heavy atom. The number of carbonyl (C=O) groups excluding carboxylic acids is 1. The van der Waals surface area contributed by atoms with Gasteiger partial charge in [0.2, 0.25) is 5.91 Å². The van der Waals surface area contributed by atoms with Gasteiger partial charge in [0.25, 0.3) is 0 Å². The number of amides is 1. The Morgan fingerprint density at radius 2 is 1.96 bits per heavy atom. The standard InChI is InChI=1S/C19H25NO3/c1-19(2)12-14-4-3-5-16(17(14)23-19)22-15-8-10-20(11-9-15)18(21)13-6-7-13/h3-5,13,15H,6-12H2,1-2H3. The average Bonchev–Trinajstić information content (AvgIpc) is 3.30. The molecule has 1 aromatic carbocycles. The minimum absolute atomic E-state index is 0.151. The quantitative estimate of drug-likeness (QED) is 0.860. The van der Waals surface area contributed by atoms with Crippen LogP contribution in [0.15, 0.2) is 18.2 Å². The Labute approximate surface area is 137 Å². The van der Waals surface area contributed by atoms with E-state index in [1.807, 2.05) is 17.0 Å². The van der Waals surface area contributed by atoms with Crippen molar-refractivity contribution in [2.75, 3.05) is 13.1 Å². The lowest BCUT2D eigenvalue weighted by molar-refractivity contribution is -0.134. The molecule has 0 atom stereocenters. The first-order chi connectivity index (χ1) is 11.0. The molecule has 4 heteroatoms. The lowest BCUT2D eigenvalue weighted by atomic mass is 10.0. The van der Waals surface area contributed by atoms with Crippen LogP contribution in [0, 0.1) is 5.92 Å². The molecule has 2 fully saturated rings. The second kappa shape index (κ2) is 5.43. The number of carbonyl (C=O) groups is 1. The van der Waals surface area contributed by atoms with E-state index in [0.717, 1.165) is 56.7 Å². The maximum atomic E-state index is 12.1. The van der Waals surface area contributed by atoms with Crippen molar-refractivity contribution < 1.29 is 14.3 Å². The number of benzene rings is 1. The van der Waals surface area contributed by atoms with Crippen molar-refractivity contribution in [2.24, 2.45) is 5.92 Å². The number of ether oxygens (including phenoxy) is 2. The molecule has 0 N–H and O–H groups in total. The molecule has 0 spiro atoms. The number of piperidine rings is 1. The predicted molar refractivity (Wildman–Crippen MR) is 87.8 cm³/mol. The fourth-order valence-electron chi connectivity index (χ4n) is 3.64. The van der Waals surface area contributed by atoms with Crippen LogP contribution >= 0.6 is 0 Å². The van der Waals surface area contributed by atoms with Crippen LogP contribution in [0.2, 0.25) is 0 Å². The van der Waals surface area contributed by atoms with Gasteiger partial charge in [-0.15, -0.1) is 0 Å². The van der Waals surface area contributed by atoms with E-state index in [0.29, 0.717) is 11.8 Å². The Kier molecular flexibility index (Phi) is 3.51. The van der Waals surface area contributed by atoms with E-state index in [4.69, 9.17) is 9.47 Å². The minimum atomic E-state index is -0.151. The maximum Gasteiger partial charge on any atom is 0.225 e. The molecular weight excluding hydrogens is 290 g/mol. The van der Waals surface area contributed by atoms with E-state index in [1.165, 1.54) is 5.56 Å². The molecule has 2 heterocycles. The normalized spacial score (nSPS) is 23.3. The molecule has 0 bridgehead atoms. The van der Waals surface area contributed by atoms with Crippen LogP contribution in [-0.4, -0.2) is 35.6 Å². The van der Waals surface area contributed by atoms with Crippen LogP contribution < -0.4 is 9.47 Å². The molecule has 1 amide bonds. The van der Waals surface area contributed by atoms with Crippen molar-refractivity contribution in [2.45, 2.75) is 57.7 Å². The Bertz CT molecular complexity index is 613. The monoisotopic (exact) mass is 315 g/mol. The molecule has 1 saturated heterocycles. The lowest BCUT2D eigenvalue weighted by Crippen LogP contribution is -2.42. The Balaban J connectivity index is 1.39. The summed E-state index contributed by atoms with van der Waals surface area (Å²) in [6, 6.07) is 6.17. The number of likely N-dealkylation sites (tertiary alicyclic amines) is 1. The fraction of sp³-hybridized carbons (Fsp3) is 0.632. The highest BCUT2D eigenvalue weighted by Gasteiger charge is 2.36. The molecule has 3 aliphatic rings. The van der Waals surface area contributed by atoms with Gasteiger partial charge in [-0.3, -0.25) is 4.79 Å². The molecule has 4 nitrogen and oxygen atoms in total. The Morgan fingerprint density at radius 3 is 2.65 bits per heavy atom. The molecule has 0 aromatic heterocycles. The summed E-state index contributed by atoms with van der Waals surface area (Å²) in [6.45, 7) is 5.86. The predicted octanol–water partition coefficient (Wildman–Crippen LogP) is 3.18. The van der Waals surface area contributed by atoms with Crippen LogP contribution in [0.5, 0.6) is 11.5 Å². The van der Waals surface area contributed by atoms with Crippen LogP contribution in [0.3, 0.4) is 0 Å². The summed E-state index contributed by atoms with van der Waals surface area (Å²) in [5, 5.41) is 0.